The number of rotatable bonds is 4. The highest BCUT2D eigenvalue weighted by molar-refractivity contribution is 6.60. The van der Waals surface area contributed by atoms with Gasteiger partial charge in [-0.1, -0.05) is 6.07 Å². The van der Waals surface area contributed by atoms with Crippen molar-refractivity contribution in [3.63, 3.8) is 0 Å². The molecule has 1 rings (SSSR count). The summed E-state index contributed by atoms with van der Waals surface area (Å²) < 4.78 is 18.8. The lowest BCUT2D eigenvalue weighted by molar-refractivity contribution is -0.0983. The van der Waals surface area contributed by atoms with Crippen LogP contribution < -0.4 is 11.2 Å². The average Bonchev–Trinajstić information content (AvgIpc) is 2.14. The second kappa shape index (κ2) is 4.83. The first-order valence-corrected chi connectivity index (χ1v) is 5.55. The maximum atomic E-state index is 13.5. The molecule has 1 heterocycles. The van der Waals surface area contributed by atoms with E-state index in [-0.39, 0.29) is 11.3 Å². The predicted octanol–water partition coefficient (Wildman–Crippen LogP) is 0.0565. The van der Waals surface area contributed by atoms with Gasteiger partial charge in [0.1, 0.15) is 5.82 Å². The number of nitrogens with two attached hydrogens (primary N) is 1. The predicted molar refractivity (Wildman–Crippen MR) is 67.7 cm³/mol. The van der Waals surface area contributed by atoms with Crippen molar-refractivity contribution in [2.45, 2.75) is 38.9 Å². The number of halogens is 1. The summed E-state index contributed by atoms with van der Waals surface area (Å²) >= 11 is 0. The van der Waals surface area contributed by atoms with E-state index in [1.165, 1.54) is 26.0 Å². The van der Waals surface area contributed by atoms with Gasteiger partial charge in [0.05, 0.1) is 11.2 Å². The van der Waals surface area contributed by atoms with Crippen LogP contribution in [0.4, 0.5) is 10.2 Å². The molecule has 0 unspecified atom stereocenters. The lowest BCUT2D eigenvalue weighted by Gasteiger charge is -2.38. The molecule has 0 fully saturated rings. The molecule has 0 bridgehead atoms. The van der Waals surface area contributed by atoms with Crippen molar-refractivity contribution in [3.8, 4) is 0 Å². The molecule has 5 nitrogen and oxygen atoms in total. The number of nitrogens with zero attached hydrogens (tertiary/aromatic N) is 1. The summed E-state index contributed by atoms with van der Waals surface area (Å²) in [4.78, 5) is 3.40. The standard InChI is InChI=1S/C11H18BFN2O3/c1-10(2,16)11(3,4)18-12(17)7-5-6-8(14)15-9(7)13/h5-6,16-17H,1-4H3,(H2,14,15). The summed E-state index contributed by atoms with van der Waals surface area (Å²) in [5, 5.41) is 19.7. The molecule has 1 aromatic heterocycles. The Kier molecular flexibility index (Phi) is 4.00. The summed E-state index contributed by atoms with van der Waals surface area (Å²) in [6.07, 6.45) is 0. The van der Waals surface area contributed by atoms with Crippen LogP contribution in [0.25, 0.3) is 0 Å². The minimum absolute atomic E-state index is 0.0187. The molecule has 0 amide bonds. The van der Waals surface area contributed by atoms with E-state index in [1.807, 2.05) is 0 Å². The van der Waals surface area contributed by atoms with Crippen LogP contribution in [0.2, 0.25) is 0 Å². The van der Waals surface area contributed by atoms with Gasteiger partial charge < -0.3 is 20.5 Å². The van der Waals surface area contributed by atoms with Gasteiger partial charge in [-0.15, -0.1) is 0 Å². The van der Waals surface area contributed by atoms with Crippen LogP contribution in [-0.4, -0.2) is 33.4 Å². The Morgan fingerprint density at radius 1 is 1.33 bits per heavy atom. The fourth-order valence-corrected chi connectivity index (χ4v) is 1.13. The topological polar surface area (TPSA) is 88.6 Å². The molecule has 0 radical (unpaired) electrons. The third-order valence-electron chi connectivity index (χ3n) is 3.04. The monoisotopic (exact) mass is 256 g/mol. The number of nitrogen functional groups attached to an aromatic ring is 1. The first kappa shape index (κ1) is 14.9. The van der Waals surface area contributed by atoms with Gasteiger partial charge >= 0.3 is 7.12 Å². The van der Waals surface area contributed by atoms with Crippen LogP contribution in [-0.2, 0) is 4.65 Å². The molecule has 4 N–H and O–H groups in total. The molecular formula is C11H18BFN2O3. The van der Waals surface area contributed by atoms with Gasteiger partial charge in [-0.05, 0) is 33.8 Å². The zero-order valence-corrected chi connectivity index (χ0v) is 10.9. The third kappa shape index (κ3) is 3.19. The van der Waals surface area contributed by atoms with E-state index >= 15 is 0 Å². The Morgan fingerprint density at radius 3 is 2.33 bits per heavy atom. The fourth-order valence-electron chi connectivity index (χ4n) is 1.13. The summed E-state index contributed by atoms with van der Waals surface area (Å²) in [6, 6.07) is 2.66. The average molecular weight is 256 g/mol. The second-order valence-corrected chi connectivity index (χ2v) is 5.16. The van der Waals surface area contributed by atoms with Crippen molar-refractivity contribution in [2.75, 3.05) is 5.73 Å². The van der Waals surface area contributed by atoms with Gasteiger partial charge in [-0.3, -0.25) is 0 Å². The molecule has 0 saturated heterocycles. The Labute approximate surface area is 106 Å². The molecule has 0 atom stereocenters. The summed E-state index contributed by atoms with van der Waals surface area (Å²) in [6.45, 7) is 6.27. The van der Waals surface area contributed by atoms with E-state index in [0.29, 0.717) is 0 Å². The van der Waals surface area contributed by atoms with Gasteiger partial charge in [-0.2, -0.15) is 4.39 Å². The van der Waals surface area contributed by atoms with Crippen molar-refractivity contribution in [2.24, 2.45) is 0 Å². The molecule has 0 aliphatic rings. The number of aromatic nitrogens is 1. The molecule has 100 valence electrons. The van der Waals surface area contributed by atoms with Crippen LogP contribution in [0.15, 0.2) is 12.1 Å². The molecule has 0 aromatic carbocycles. The highest BCUT2D eigenvalue weighted by atomic mass is 19.1. The Morgan fingerprint density at radius 2 is 1.89 bits per heavy atom. The van der Waals surface area contributed by atoms with E-state index in [1.54, 1.807) is 13.8 Å². The summed E-state index contributed by atoms with van der Waals surface area (Å²) in [7, 11) is -1.53. The largest absolute Gasteiger partial charge is 0.496 e. The smallest absolute Gasteiger partial charge is 0.423 e. The van der Waals surface area contributed by atoms with Crippen molar-refractivity contribution in [1.29, 1.82) is 0 Å². The second-order valence-electron chi connectivity index (χ2n) is 5.16. The molecule has 7 heteroatoms. The molecule has 0 aliphatic carbocycles. The van der Waals surface area contributed by atoms with E-state index in [4.69, 9.17) is 10.4 Å². The van der Waals surface area contributed by atoms with E-state index in [9.17, 15) is 14.5 Å². The lowest BCUT2D eigenvalue weighted by atomic mass is 9.77. The maximum Gasteiger partial charge on any atom is 0.496 e. The fraction of sp³-hybridized carbons (Fsp3) is 0.545. The molecular weight excluding hydrogens is 238 g/mol. The van der Waals surface area contributed by atoms with Gasteiger partial charge in [0.15, 0.2) is 0 Å². The molecule has 1 aromatic rings. The minimum Gasteiger partial charge on any atom is -0.423 e. The van der Waals surface area contributed by atoms with E-state index in [2.05, 4.69) is 4.98 Å². The number of hydrogen-bond donors (Lipinski definition) is 3. The minimum atomic E-state index is -1.53. The van der Waals surface area contributed by atoms with Crippen molar-refractivity contribution >= 4 is 18.4 Å². The zero-order valence-electron chi connectivity index (χ0n) is 10.9. The van der Waals surface area contributed by atoms with Crippen molar-refractivity contribution in [1.82, 2.24) is 4.98 Å². The van der Waals surface area contributed by atoms with Crippen LogP contribution in [0.3, 0.4) is 0 Å². The summed E-state index contributed by atoms with van der Waals surface area (Å²) in [5.41, 5.74) is 2.92. The molecule has 18 heavy (non-hydrogen) atoms. The number of anilines is 1. The van der Waals surface area contributed by atoms with Gasteiger partial charge in [0.25, 0.3) is 0 Å². The maximum absolute atomic E-state index is 13.5. The first-order valence-electron chi connectivity index (χ1n) is 5.55. The number of aliphatic hydroxyl groups is 1. The molecule has 0 spiro atoms. The summed E-state index contributed by atoms with van der Waals surface area (Å²) in [5.74, 6) is -0.876. The molecule has 0 aliphatic heterocycles. The first-order chi connectivity index (χ1) is 8.04. The lowest BCUT2D eigenvalue weighted by Crippen LogP contribution is -2.53. The van der Waals surface area contributed by atoms with Gasteiger partial charge in [-0.25, -0.2) is 4.98 Å². The quantitative estimate of drug-likeness (QED) is 0.523. The number of pyridine rings is 1. The van der Waals surface area contributed by atoms with Crippen molar-refractivity contribution < 1.29 is 19.2 Å². The highest BCUT2D eigenvalue weighted by Gasteiger charge is 2.40. The zero-order chi connectivity index (χ0) is 14.1. The van der Waals surface area contributed by atoms with Gasteiger partial charge in [0, 0.05) is 5.46 Å². The third-order valence-corrected chi connectivity index (χ3v) is 3.04. The van der Waals surface area contributed by atoms with Crippen LogP contribution in [0.5, 0.6) is 0 Å². The number of hydrogen-bond acceptors (Lipinski definition) is 5. The van der Waals surface area contributed by atoms with E-state index in [0.717, 1.165) is 0 Å². The molecule has 0 saturated carbocycles. The normalized spacial score (nSPS) is 12.6. The Bertz CT molecular complexity index is 435. The highest BCUT2D eigenvalue weighted by Crippen LogP contribution is 2.25. The Balaban J connectivity index is 2.92. The van der Waals surface area contributed by atoms with Crippen LogP contribution in [0.1, 0.15) is 27.7 Å². The SMILES string of the molecule is CC(C)(O)C(C)(C)OB(O)c1ccc(N)nc1F. The van der Waals surface area contributed by atoms with Crippen LogP contribution in [0, 0.1) is 5.95 Å². The van der Waals surface area contributed by atoms with Gasteiger partial charge in [0.2, 0.25) is 5.95 Å². The van der Waals surface area contributed by atoms with E-state index < -0.39 is 24.3 Å². The van der Waals surface area contributed by atoms with Crippen molar-refractivity contribution in [3.05, 3.63) is 18.1 Å². The van der Waals surface area contributed by atoms with Crippen LogP contribution >= 0.6 is 0 Å². The Hall–Kier alpha value is -1.18.